The van der Waals surface area contributed by atoms with E-state index in [0.29, 0.717) is 6.42 Å². The molecule has 15 heavy (non-hydrogen) atoms. The maximum absolute atomic E-state index is 9.49. The molecular weight excluding hydrogens is 184 g/mol. The number of aliphatic hydroxyl groups excluding tert-OH is 1. The van der Waals surface area contributed by atoms with Crippen molar-refractivity contribution in [3.63, 3.8) is 0 Å². The van der Waals surface area contributed by atoms with Crippen molar-refractivity contribution in [2.75, 3.05) is 0 Å². The van der Waals surface area contributed by atoms with Crippen LogP contribution in [0.3, 0.4) is 0 Å². The smallest absolute Gasteiger partial charge is 0.0758 e. The highest BCUT2D eigenvalue weighted by Gasteiger charge is 1.92. The largest absolute Gasteiger partial charge is 0.389 e. The van der Waals surface area contributed by atoms with Crippen LogP contribution in [0.25, 0.3) is 0 Å². The van der Waals surface area contributed by atoms with Crippen LogP contribution in [-0.4, -0.2) is 11.2 Å². The molecule has 0 aromatic rings. The normalized spacial score (nSPS) is 15.1. The van der Waals surface area contributed by atoms with E-state index in [-0.39, 0.29) is 6.10 Å². The van der Waals surface area contributed by atoms with Gasteiger partial charge in [0.25, 0.3) is 0 Å². The van der Waals surface area contributed by atoms with Crippen molar-refractivity contribution in [3.05, 3.63) is 48.6 Å². The van der Waals surface area contributed by atoms with Gasteiger partial charge in [0.05, 0.1) is 6.10 Å². The maximum atomic E-state index is 9.49. The average molecular weight is 206 g/mol. The summed E-state index contributed by atoms with van der Waals surface area (Å²) < 4.78 is 0. The molecule has 1 nitrogen and oxygen atoms in total. The molecule has 0 aliphatic carbocycles. The first-order valence-corrected chi connectivity index (χ1v) is 5.64. The molecule has 0 saturated heterocycles. The summed E-state index contributed by atoms with van der Waals surface area (Å²) in [6.07, 6.45) is 18.2. The van der Waals surface area contributed by atoms with Gasteiger partial charge in [-0.15, -0.1) is 0 Å². The van der Waals surface area contributed by atoms with E-state index in [1.54, 1.807) is 6.08 Å². The maximum Gasteiger partial charge on any atom is 0.0758 e. The van der Waals surface area contributed by atoms with Crippen LogP contribution >= 0.6 is 0 Å². The predicted octanol–water partition coefficient (Wildman–Crippen LogP) is 3.78. The lowest BCUT2D eigenvalue weighted by Gasteiger charge is -1.98. The first-order valence-electron chi connectivity index (χ1n) is 5.64. The zero-order valence-electron chi connectivity index (χ0n) is 9.76. The van der Waals surface area contributed by atoms with Crippen LogP contribution in [-0.2, 0) is 0 Å². The number of hydrogen-bond acceptors (Lipinski definition) is 1. The molecule has 1 heteroatoms. The Labute approximate surface area is 93.5 Å². The van der Waals surface area contributed by atoms with Gasteiger partial charge in [-0.2, -0.15) is 0 Å². The number of aliphatic hydroxyl groups is 1. The van der Waals surface area contributed by atoms with Gasteiger partial charge in [0.1, 0.15) is 0 Å². The van der Waals surface area contributed by atoms with Crippen LogP contribution in [0.1, 0.15) is 33.1 Å². The van der Waals surface area contributed by atoms with Crippen molar-refractivity contribution in [1.82, 2.24) is 0 Å². The quantitative estimate of drug-likeness (QED) is 0.496. The number of rotatable bonds is 7. The van der Waals surface area contributed by atoms with Crippen molar-refractivity contribution < 1.29 is 5.11 Å². The fraction of sp³-hybridized carbons (Fsp3) is 0.429. The number of allylic oxidation sites excluding steroid dienone is 6. The molecule has 0 heterocycles. The standard InChI is InChI=1S/C14H22O/c1-3-5-7-8-9-11-13-14(15)12-10-6-4-2/h5-11,13-15H,3-4,12H2,1-2H3/b7-5-,9-8-,10-6-,13-11+/t14-/m0/s1. The van der Waals surface area contributed by atoms with Crippen LogP contribution in [0.15, 0.2) is 48.6 Å². The van der Waals surface area contributed by atoms with Crippen molar-refractivity contribution in [2.24, 2.45) is 0 Å². The molecule has 0 spiro atoms. The summed E-state index contributed by atoms with van der Waals surface area (Å²) in [7, 11) is 0. The molecule has 0 aliphatic rings. The highest BCUT2D eigenvalue weighted by Crippen LogP contribution is 1.96. The van der Waals surface area contributed by atoms with Gasteiger partial charge in [0, 0.05) is 0 Å². The Morgan fingerprint density at radius 3 is 2.20 bits per heavy atom. The first kappa shape index (κ1) is 13.9. The summed E-state index contributed by atoms with van der Waals surface area (Å²) in [6.45, 7) is 4.19. The van der Waals surface area contributed by atoms with Crippen LogP contribution in [0.5, 0.6) is 0 Å². The molecule has 0 aromatic carbocycles. The van der Waals surface area contributed by atoms with E-state index in [1.165, 1.54) is 0 Å². The Hall–Kier alpha value is -1.08. The van der Waals surface area contributed by atoms with Crippen molar-refractivity contribution >= 4 is 0 Å². The summed E-state index contributed by atoms with van der Waals surface area (Å²) in [6, 6.07) is 0. The fourth-order valence-corrected chi connectivity index (χ4v) is 1.02. The summed E-state index contributed by atoms with van der Waals surface area (Å²) >= 11 is 0. The third kappa shape index (κ3) is 10.8. The van der Waals surface area contributed by atoms with Crippen LogP contribution in [0.4, 0.5) is 0 Å². The summed E-state index contributed by atoms with van der Waals surface area (Å²) in [5.74, 6) is 0. The van der Waals surface area contributed by atoms with Gasteiger partial charge in [-0.25, -0.2) is 0 Å². The molecule has 1 atom stereocenters. The average Bonchev–Trinajstić information content (AvgIpc) is 2.23. The van der Waals surface area contributed by atoms with Gasteiger partial charge >= 0.3 is 0 Å². The van der Waals surface area contributed by atoms with E-state index in [2.05, 4.69) is 26.0 Å². The van der Waals surface area contributed by atoms with Gasteiger partial charge in [0.2, 0.25) is 0 Å². The third-order valence-corrected chi connectivity index (χ3v) is 1.82. The van der Waals surface area contributed by atoms with Gasteiger partial charge in [-0.1, -0.05) is 62.5 Å². The Kier molecular flexibility index (Phi) is 10.2. The lowest BCUT2D eigenvalue weighted by Crippen LogP contribution is -1.98. The van der Waals surface area contributed by atoms with Gasteiger partial charge in [-0.3, -0.25) is 0 Å². The minimum Gasteiger partial charge on any atom is -0.389 e. The van der Waals surface area contributed by atoms with Crippen LogP contribution in [0.2, 0.25) is 0 Å². The highest BCUT2D eigenvalue weighted by atomic mass is 16.3. The van der Waals surface area contributed by atoms with Gasteiger partial charge in [0.15, 0.2) is 0 Å². The molecule has 0 radical (unpaired) electrons. The van der Waals surface area contributed by atoms with Crippen molar-refractivity contribution in [2.45, 2.75) is 39.2 Å². The minimum absolute atomic E-state index is 0.368. The zero-order chi connectivity index (χ0) is 11.4. The first-order chi connectivity index (χ1) is 7.31. The van der Waals surface area contributed by atoms with Crippen LogP contribution in [0, 0.1) is 0 Å². The van der Waals surface area contributed by atoms with E-state index in [9.17, 15) is 5.11 Å². The number of hydrogen-bond donors (Lipinski definition) is 1. The van der Waals surface area contributed by atoms with Gasteiger partial charge in [-0.05, 0) is 19.3 Å². The van der Waals surface area contributed by atoms with E-state index in [0.717, 1.165) is 12.8 Å². The van der Waals surface area contributed by atoms with E-state index >= 15 is 0 Å². The fourth-order valence-electron chi connectivity index (χ4n) is 1.02. The van der Waals surface area contributed by atoms with Gasteiger partial charge < -0.3 is 5.11 Å². The predicted molar refractivity (Wildman–Crippen MR) is 67.8 cm³/mol. The molecule has 0 amide bonds. The Bertz CT molecular complexity index is 234. The molecule has 0 bridgehead atoms. The molecule has 1 N–H and O–H groups in total. The van der Waals surface area contributed by atoms with Crippen LogP contribution < -0.4 is 0 Å². The zero-order valence-corrected chi connectivity index (χ0v) is 9.76. The SMILES string of the molecule is CC\C=C/C=C\C=C\[C@@H](O)C/C=C\CC. The Balaban J connectivity index is 3.70. The van der Waals surface area contributed by atoms with E-state index < -0.39 is 0 Å². The second-order valence-electron chi connectivity index (χ2n) is 3.29. The lowest BCUT2D eigenvalue weighted by molar-refractivity contribution is 0.227. The monoisotopic (exact) mass is 206 g/mol. The van der Waals surface area contributed by atoms with Crippen molar-refractivity contribution in [3.8, 4) is 0 Å². The van der Waals surface area contributed by atoms with E-state index in [4.69, 9.17) is 0 Å². The van der Waals surface area contributed by atoms with Crippen molar-refractivity contribution in [1.29, 1.82) is 0 Å². The highest BCUT2D eigenvalue weighted by molar-refractivity contribution is 5.12. The molecule has 0 aliphatic heterocycles. The summed E-state index contributed by atoms with van der Waals surface area (Å²) in [5, 5.41) is 9.49. The molecular formula is C14H22O. The minimum atomic E-state index is -0.368. The lowest BCUT2D eigenvalue weighted by atomic mass is 10.2. The molecule has 0 aromatic heterocycles. The summed E-state index contributed by atoms with van der Waals surface area (Å²) in [4.78, 5) is 0. The second-order valence-corrected chi connectivity index (χ2v) is 3.29. The molecule has 0 saturated carbocycles. The molecule has 0 unspecified atom stereocenters. The Morgan fingerprint density at radius 2 is 1.53 bits per heavy atom. The topological polar surface area (TPSA) is 20.2 Å². The molecule has 0 fully saturated rings. The van der Waals surface area contributed by atoms with E-state index in [1.807, 2.05) is 30.4 Å². The Morgan fingerprint density at radius 1 is 0.867 bits per heavy atom. The second kappa shape index (κ2) is 11.0. The third-order valence-electron chi connectivity index (χ3n) is 1.82. The molecule has 0 rings (SSSR count). The summed E-state index contributed by atoms with van der Waals surface area (Å²) in [5.41, 5.74) is 0. The molecule has 84 valence electrons.